The molecule has 1 heterocycles. The van der Waals surface area contributed by atoms with Gasteiger partial charge in [0.25, 0.3) is 5.91 Å². The van der Waals surface area contributed by atoms with Crippen molar-refractivity contribution < 1.29 is 4.79 Å². The van der Waals surface area contributed by atoms with E-state index in [1.165, 1.54) is 6.20 Å². The molecule has 0 saturated carbocycles. The van der Waals surface area contributed by atoms with Crippen molar-refractivity contribution in [2.24, 2.45) is 0 Å². The maximum absolute atomic E-state index is 12.1. The number of benzene rings is 1. The third kappa shape index (κ3) is 3.55. The summed E-state index contributed by atoms with van der Waals surface area (Å²) in [5.41, 5.74) is 2.12. The summed E-state index contributed by atoms with van der Waals surface area (Å²) in [6.45, 7) is 2.01. The molecule has 1 atom stereocenters. The number of hydrogen-bond donors (Lipinski definition) is 1. The Labute approximate surface area is 125 Å². The molecule has 5 heteroatoms. The Bertz CT molecular complexity index is 584. The molecule has 1 aromatic carbocycles. The normalized spacial score (nSPS) is 11.9. The molecule has 0 radical (unpaired) electrons. The van der Waals surface area contributed by atoms with Crippen LogP contribution in [-0.4, -0.2) is 10.9 Å². The van der Waals surface area contributed by atoms with Crippen LogP contribution in [0.1, 0.15) is 27.8 Å². The first-order valence-corrected chi connectivity index (χ1v) is 7.03. The topological polar surface area (TPSA) is 42.0 Å². The monoisotopic (exact) mass is 338 g/mol. The Hall–Kier alpha value is -1.39. The number of nitrogens with zero attached hydrogens (tertiary/aromatic N) is 1. The van der Waals surface area contributed by atoms with Crippen molar-refractivity contribution in [3.63, 3.8) is 0 Å². The molecule has 98 valence electrons. The molecule has 0 spiro atoms. The summed E-state index contributed by atoms with van der Waals surface area (Å²) < 4.78 is 0. The van der Waals surface area contributed by atoms with Gasteiger partial charge in [-0.1, -0.05) is 45.7 Å². The van der Waals surface area contributed by atoms with E-state index in [0.717, 1.165) is 11.3 Å². The summed E-state index contributed by atoms with van der Waals surface area (Å²) in [5.74, 6) is -0.253. The van der Waals surface area contributed by atoms with Crippen molar-refractivity contribution >= 4 is 39.1 Å². The second kappa shape index (κ2) is 6.17. The van der Waals surface area contributed by atoms with Crippen LogP contribution in [-0.2, 0) is 0 Å². The smallest absolute Gasteiger partial charge is 0.274 e. The van der Waals surface area contributed by atoms with Crippen LogP contribution in [0.2, 0.25) is 5.02 Å². The minimum absolute atomic E-state index is 0.155. The van der Waals surface area contributed by atoms with E-state index in [9.17, 15) is 4.79 Å². The lowest BCUT2D eigenvalue weighted by molar-refractivity contribution is 0.102. The zero-order valence-corrected chi connectivity index (χ0v) is 12.6. The summed E-state index contributed by atoms with van der Waals surface area (Å²) in [6.07, 6.45) is 1.45. The minimum atomic E-state index is -0.253. The Morgan fingerprint density at radius 1 is 1.32 bits per heavy atom. The number of nitrogens with one attached hydrogen (secondary N) is 1. The number of carbonyl (C=O) groups excluding carboxylic acids is 1. The maximum atomic E-state index is 12.1. The van der Waals surface area contributed by atoms with Gasteiger partial charge in [0.05, 0.1) is 5.02 Å². The molecular formula is C14H12BrClN2O. The highest BCUT2D eigenvalue weighted by Gasteiger charge is 2.12. The molecule has 1 aromatic heterocycles. The van der Waals surface area contributed by atoms with Crippen molar-refractivity contribution in [1.29, 1.82) is 0 Å². The first kappa shape index (κ1) is 14.0. The molecule has 2 rings (SSSR count). The van der Waals surface area contributed by atoms with E-state index in [0.29, 0.717) is 10.7 Å². The lowest BCUT2D eigenvalue weighted by Gasteiger charge is -2.12. The molecule has 1 amide bonds. The number of amides is 1. The van der Waals surface area contributed by atoms with Gasteiger partial charge in [0, 0.05) is 16.7 Å². The first-order chi connectivity index (χ1) is 9.08. The molecule has 0 aliphatic carbocycles. The molecule has 0 bridgehead atoms. The fourth-order valence-corrected chi connectivity index (χ4v) is 2.17. The van der Waals surface area contributed by atoms with E-state index in [-0.39, 0.29) is 10.7 Å². The summed E-state index contributed by atoms with van der Waals surface area (Å²) >= 11 is 9.25. The average Bonchev–Trinajstić information content (AvgIpc) is 2.39. The molecule has 0 aliphatic heterocycles. The van der Waals surface area contributed by atoms with E-state index < -0.39 is 0 Å². The second-order valence-corrected chi connectivity index (χ2v) is 5.83. The zero-order valence-electron chi connectivity index (χ0n) is 10.2. The second-order valence-electron chi connectivity index (χ2n) is 4.02. The van der Waals surface area contributed by atoms with E-state index in [1.54, 1.807) is 12.1 Å². The van der Waals surface area contributed by atoms with Crippen molar-refractivity contribution in [3.8, 4) is 0 Å². The van der Waals surface area contributed by atoms with Crippen LogP contribution in [0, 0.1) is 0 Å². The number of carbonyl (C=O) groups is 1. The third-order valence-corrected chi connectivity index (χ3v) is 3.31. The Morgan fingerprint density at radius 3 is 2.68 bits per heavy atom. The lowest BCUT2D eigenvalue weighted by Crippen LogP contribution is -2.14. The number of rotatable bonds is 3. The predicted octanol–water partition coefficient (Wildman–Crippen LogP) is 4.44. The van der Waals surface area contributed by atoms with Gasteiger partial charge in [-0.2, -0.15) is 0 Å². The van der Waals surface area contributed by atoms with E-state index in [2.05, 4.69) is 26.2 Å². The van der Waals surface area contributed by atoms with Gasteiger partial charge in [0.2, 0.25) is 0 Å². The van der Waals surface area contributed by atoms with Crippen LogP contribution in [0.3, 0.4) is 0 Å². The third-order valence-electron chi connectivity index (χ3n) is 2.60. The van der Waals surface area contributed by atoms with Gasteiger partial charge in [0.1, 0.15) is 5.69 Å². The van der Waals surface area contributed by atoms with Crippen LogP contribution in [0.5, 0.6) is 0 Å². The summed E-state index contributed by atoms with van der Waals surface area (Å²) in [6, 6.07) is 10.9. The molecule has 2 aromatic rings. The average molecular weight is 340 g/mol. The molecule has 19 heavy (non-hydrogen) atoms. The van der Waals surface area contributed by atoms with Gasteiger partial charge in [-0.15, -0.1) is 0 Å². The SMILES string of the molecule is CC(Br)c1ccccc1NC(=O)c1ccc(Cl)cn1. The van der Waals surface area contributed by atoms with Gasteiger partial charge < -0.3 is 5.32 Å². The fraction of sp³-hybridized carbons (Fsp3) is 0.143. The number of aromatic nitrogens is 1. The fourth-order valence-electron chi connectivity index (χ4n) is 1.65. The largest absolute Gasteiger partial charge is 0.320 e. The number of halogens is 2. The van der Waals surface area contributed by atoms with Crippen molar-refractivity contribution in [2.45, 2.75) is 11.8 Å². The molecular weight excluding hydrogens is 328 g/mol. The number of pyridine rings is 1. The highest BCUT2D eigenvalue weighted by molar-refractivity contribution is 9.09. The molecule has 0 aliphatic rings. The minimum Gasteiger partial charge on any atom is -0.320 e. The van der Waals surface area contributed by atoms with E-state index >= 15 is 0 Å². The van der Waals surface area contributed by atoms with Gasteiger partial charge in [-0.05, 0) is 30.7 Å². The quantitative estimate of drug-likeness (QED) is 0.840. The number of anilines is 1. The van der Waals surface area contributed by atoms with E-state index in [1.807, 2.05) is 31.2 Å². The summed E-state index contributed by atoms with van der Waals surface area (Å²) in [7, 11) is 0. The van der Waals surface area contributed by atoms with Crippen molar-refractivity contribution in [2.75, 3.05) is 5.32 Å². The number of para-hydroxylation sites is 1. The predicted molar refractivity (Wildman–Crippen MR) is 81.0 cm³/mol. The van der Waals surface area contributed by atoms with Gasteiger partial charge >= 0.3 is 0 Å². The Morgan fingerprint density at radius 2 is 2.05 bits per heavy atom. The zero-order chi connectivity index (χ0) is 13.8. The maximum Gasteiger partial charge on any atom is 0.274 e. The summed E-state index contributed by atoms with van der Waals surface area (Å²) in [4.78, 5) is 16.2. The molecule has 1 N–H and O–H groups in total. The van der Waals surface area contributed by atoms with Crippen LogP contribution in [0.15, 0.2) is 42.6 Å². The highest BCUT2D eigenvalue weighted by Crippen LogP contribution is 2.28. The Balaban J connectivity index is 2.22. The van der Waals surface area contributed by atoms with Gasteiger partial charge in [-0.3, -0.25) is 4.79 Å². The molecule has 0 saturated heterocycles. The van der Waals surface area contributed by atoms with Crippen LogP contribution >= 0.6 is 27.5 Å². The van der Waals surface area contributed by atoms with Crippen LogP contribution < -0.4 is 5.32 Å². The first-order valence-electron chi connectivity index (χ1n) is 5.74. The standard InChI is InChI=1S/C14H12BrClN2O/c1-9(15)11-4-2-3-5-12(11)18-14(19)13-7-6-10(16)8-17-13/h2-9H,1H3,(H,18,19). The van der Waals surface area contributed by atoms with E-state index in [4.69, 9.17) is 11.6 Å². The molecule has 3 nitrogen and oxygen atoms in total. The van der Waals surface area contributed by atoms with Crippen LogP contribution in [0.4, 0.5) is 5.69 Å². The molecule has 1 unspecified atom stereocenters. The highest BCUT2D eigenvalue weighted by atomic mass is 79.9. The number of hydrogen-bond acceptors (Lipinski definition) is 2. The van der Waals surface area contributed by atoms with Crippen LogP contribution in [0.25, 0.3) is 0 Å². The summed E-state index contributed by atoms with van der Waals surface area (Å²) in [5, 5.41) is 3.36. The van der Waals surface area contributed by atoms with Crippen molar-refractivity contribution in [3.05, 3.63) is 58.9 Å². The van der Waals surface area contributed by atoms with Crippen molar-refractivity contribution in [1.82, 2.24) is 4.98 Å². The number of alkyl halides is 1. The lowest BCUT2D eigenvalue weighted by atomic mass is 10.1. The van der Waals surface area contributed by atoms with Gasteiger partial charge in [-0.25, -0.2) is 4.98 Å². The van der Waals surface area contributed by atoms with Gasteiger partial charge in [0.15, 0.2) is 0 Å². The molecule has 0 fully saturated rings. The Kier molecular flexibility index (Phi) is 4.56.